The summed E-state index contributed by atoms with van der Waals surface area (Å²) in [6, 6.07) is 4.51. The van der Waals surface area contributed by atoms with E-state index in [1.165, 1.54) is 0 Å². The number of benzene rings is 1. The molecule has 1 aromatic carbocycles. The quantitative estimate of drug-likeness (QED) is 0.735. The molecule has 0 bridgehead atoms. The lowest BCUT2D eigenvalue weighted by molar-refractivity contribution is -0.125. The van der Waals surface area contributed by atoms with E-state index in [1.807, 2.05) is 13.8 Å². The van der Waals surface area contributed by atoms with Crippen molar-refractivity contribution in [1.29, 1.82) is 0 Å². The molecule has 1 aliphatic rings. The number of carbonyl (C=O) groups is 2. The second-order valence-electron chi connectivity index (χ2n) is 5.39. The Kier molecular flexibility index (Phi) is 5.21. The third kappa shape index (κ3) is 4.11. The summed E-state index contributed by atoms with van der Waals surface area (Å²) in [6.07, 6.45) is 0. The van der Waals surface area contributed by atoms with Crippen LogP contribution in [-0.2, 0) is 9.59 Å². The van der Waals surface area contributed by atoms with Gasteiger partial charge < -0.3 is 25.8 Å². The molecule has 2 rings (SSSR count). The van der Waals surface area contributed by atoms with Crippen LogP contribution >= 0.6 is 0 Å². The molecule has 2 amide bonds. The zero-order valence-electron chi connectivity index (χ0n) is 12.7. The van der Waals surface area contributed by atoms with Crippen molar-refractivity contribution in [2.75, 3.05) is 25.1 Å². The van der Waals surface area contributed by atoms with Gasteiger partial charge in [-0.3, -0.25) is 9.59 Å². The molecule has 1 atom stereocenters. The number of nitrogens with two attached hydrogens (primary N) is 1. The van der Waals surface area contributed by atoms with Gasteiger partial charge in [-0.2, -0.15) is 0 Å². The second kappa shape index (κ2) is 7.13. The minimum atomic E-state index is -0.623. The molecule has 0 saturated carbocycles. The Balaban J connectivity index is 1.86. The van der Waals surface area contributed by atoms with Crippen molar-refractivity contribution < 1.29 is 19.1 Å². The molecule has 22 heavy (non-hydrogen) atoms. The normalized spacial score (nSPS) is 14.4. The molecule has 7 nitrogen and oxygen atoms in total. The average molecular weight is 307 g/mol. The maximum absolute atomic E-state index is 11.8. The van der Waals surface area contributed by atoms with Crippen molar-refractivity contribution >= 4 is 17.5 Å². The fraction of sp³-hybridized carbons (Fsp3) is 0.467. The van der Waals surface area contributed by atoms with Crippen molar-refractivity contribution in [3.63, 3.8) is 0 Å². The van der Waals surface area contributed by atoms with Crippen LogP contribution in [0.2, 0.25) is 0 Å². The topological polar surface area (TPSA) is 103 Å². The molecule has 1 heterocycles. The number of anilines is 1. The van der Waals surface area contributed by atoms with Crippen molar-refractivity contribution in [2.24, 2.45) is 11.7 Å². The van der Waals surface area contributed by atoms with Crippen LogP contribution in [0, 0.1) is 5.92 Å². The molecule has 0 aromatic heterocycles. The summed E-state index contributed by atoms with van der Waals surface area (Å²) in [5.41, 5.74) is 6.28. The van der Waals surface area contributed by atoms with Crippen molar-refractivity contribution in [2.45, 2.75) is 19.9 Å². The molecule has 4 N–H and O–H groups in total. The predicted octanol–water partition coefficient (Wildman–Crippen LogP) is 0.496. The maximum Gasteiger partial charge on any atom is 0.243 e. The van der Waals surface area contributed by atoms with Crippen LogP contribution in [0.4, 0.5) is 5.69 Å². The molecule has 120 valence electrons. The Morgan fingerprint density at radius 2 is 1.91 bits per heavy atom. The SMILES string of the molecule is CC(C)[C@H](N)C(=O)NCC(=O)Nc1ccc2c(c1)OCCO2. The highest BCUT2D eigenvalue weighted by molar-refractivity contribution is 5.95. The maximum atomic E-state index is 11.8. The summed E-state index contributed by atoms with van der Waals surface area (Å²) in [5, 5.41) is 5.20. The van der Waals surface area contributed by atoms with Gasteiger partial charge in [0.1, 0.15) is 13.2 Å². The van der Waals surface area contributed by atoms with E-state index < -0.39 is 6.04 Å². The van der Waals surface area contributed by atoms with Gasteiger partial charge in [0, 0.05) is 11.8 Å². The molecule has 0 fully saturated rings. The van der Waals surface area contributed by atoms with E-state index in [0.29, 0.717) is 30.4 Å². The molecule has 0 saturated heterocycles. The molecule has 0 unspecified atom stereocenters. The summed E-state index contributed by atoms with van der Waals surface area (Å²) in [6.45, 7) is 4.56. The third-order valence-corrected chi connectivity index (χ3v) is 3.27. The third-order valence-electron chi connectivity index (χ3n) is 3.27. The fourth-order valence-electron chi connectivity index (χ4n) is 1.91. The predicted molar refractivity (Wildman–Crippen MR) is 81.9 cm³/mol. The smallest absolute Gasteiger partial charge is 0.243 e. The van der Waals surface area contributed by atoms with Crippen molar-refractivity contribution in [3.05, 3.63) is 18.2 Å². The minimum absolute atomic E-state index is 0.0147. The van der Waals surface area contributed by atoms with Gasteiger partial charge in [0.2, 0.25) is 11.8 Å². The second-order valence-corrected chi connectivity index (χ2v) is 5.39. The van der Waals surface area contributed by atoms with Gasteiger partial charge in [-0.1, -0.05) is 13.8 Å². The highest BCUT2D eigenvalue weighted by atomic mass is 16.6. The molecule has 7 heteroatoms. The highest BCUT2D eigenvalue weighted by Crippen LogP contribution is 2.32. The Bertz CT molecular complexity index is 560. The van der Waals surface area contributed by atoms with Gasteiger partial charge in [-0.25, -0.2) is 0 Å². The largest absolute Gasteiger partial charge is 0.486 e. The van der Waals surface area contributed by atoms with Crippen molar-refractivity contribution in [1.82, 2.24) is 5.32 Å². The van der Waals surface area contributed by atoms with Crippen molar-refractivity contribution in [3.8, 4) is 11.5 Å². The Hall–Kier alpha value is -2.28. The lowest BCUT2D eigenvalue weighted by atomic mass is 10.1. The van der Waals surface area contributed by atoms with E-state index in [0.717, 1.165) is 0 Å². The van der Waals surface area contributed by atoms with Crippen LogP contribution in [0.15, 0.2) is 18.2 Å². The van der Waals surface area contributed by atoms with E-state index in [-0.39, 0.29) is 24.3 Å². The number of fused-ring (bicyclic) bond motifs is 1. The van der Waals surface area contributed by atoms with E-state index in [4.69, 9.17) is 15.2 Å². The minimum Gasteiger partial charge on any atom is -0.486 e. The monoisotopic (exact) mass is 307 g/mol. The molecule has 1 aromatic rings. The first-order valence-corrected chi connectivity index (χ1v) is 7.20. The van der Waals surface area contributed by atoms with Crippen LogP contribution in [0.1, 0.15) is 13.8 Å². The number of rotatable bonds is 5. The highest BCUT2D eigenvalue weighted by Gasteiger charge is 2.18. The van der Waals surface area contributed by atoms with E-state index in [9.17, 15) is 9.59 Å². The molecular formula is C15H21N3O4. The summed E-state index contributed by atoms with van der Waals surface area (Å²) in [5.74, 6) is 0.588. The van der Waals surface area contributed by atoms with Gasteiger partial charge in [0.05, 0.1) is 12.6 Å². The van der Waals surface area contributed by atoms with Crippen LogP contribution in [0.5, 0.6) is 11.5 Å². The number of hydrogen-bond acceptors (Lipinski definition) is 5. The Labute approximate surface area is 129 Å². The van der Waals surface area contributed by atoms with Crippen LogP contribution in [-0.4, -0.2) is 37.6 Å². The van der Waals surface area contributed by atoms with E-state index >= 15 is 0 Å². The first kappa shape index (κ1) is 16.1. The summed E-state index contributed by atoms with van der Waals surface area (Å²) >= 11 is 0. The number of carbonyl (C=O) groups excluding carboxylic acids is 2. The van der Waals surface area contributed by atoms with Gasteiger partial charge in [-0.05, 0) is 18.1 Å². The average Bonchev–Trinajstić information content (AvgIpc) is 2.51. The number of hydrogen-bond donors (Lipinski definition) is 3. The molecule has 0 radical (unpaired) electrons. The summed E-state index contributed by atoms with van der Waals surface area (Å²) < 4.78 is 10.8. The standard InChI is InChI=1S/C15H21N3O4/c1-9(2)14(16)15(20)17-8-13(19)18-10-3-4-11-12(7-10)22-6-5-21-11/h3-4,7,9,14H,5-6,8,16H2,1-2H3,(H,17,20)(H,18,19)/t14-/m0/s1. The molecule has 0 spiro atoms. The zero-order chi connectivity index (χ0) is 16.1. The Morgan fingerprint density at radius 1 is 1.23 bits per heavy atom. The number of amides is 2. The zero-order valence-corrected chi connectivity index (χ0v) is 12.7. The first-order valence-electron chi connectivity index (χ1n) is 7.20. The summed E-state index contributed by atoms with van der Waals surface area (Å²) in [7, 11) is 0. The van der Waals surface area contributed by atoms with E-state index in [2.05, 4.69) is 10.6 Å². The molecular weight excluding hydrogens is 286 g/mol. The summed E-state index contributed by atoms with van der Waals surface area (Å²) in [4.78, 5) is 23.5. The van der Waals surface area contributed by atoms with Gasteiger partial charge in [0.15, 0.2) is 11.5 Å². The first-order chi connectivity index (χ1) is 10.5. The van der Waals surface area contributed by atoms with Gasteiger partial charge in [0.25, 0.3) is 0 Å². The Morgan fingerprint density at radius 3 is 2.59 bits per heavy atom. The lowest BCUT2D eigenvalue weighted by Gasteiger charge is -2.19. The molecule has 1 aliphatic heterocycles. The van der Waals surface area contributed by atoms with Gasteiger partial charge >= 0.3 is 0 Å². The van der Waals surface area contributed by atoms with Crippen LogP contribution in [0.25, 0.3) is 0 Å². The fourth-order valence-corrected chi connectivity index (χ4v) is 1.91. The number of nitrogens with one attached hydrogen (secondary N) is 2. The lowest BCUT2D eigenvalue weighted by Crippen LogP contribution is -2.46. The van der Waals surface area contributed by atoms with E-state index in [1.54, 1.807) is 18.2 Å². The van der Waals surface area contributed by atoms with Crippen LogP contribution < -0.4 is 25.8 Å². The van der Waals surface area contributed by atoms with Gasteiger partial charge in [-0.15, -0.1) is 0 Å². The molecule has 0 aliphatic carbocycles. The number of ether oxygens (including phenoxy) is 2. The van der Waals surface area contributed by atoms with Crippen LogP contribution in [0.3, 0.4) is 0 Å².